The van der Waals surface area contributed by atoms with Crippen LogP contribution in [0, 0.1) is 6.92 Å². The molecule has 0 unspecified atom stereocenters. The summed E-state index contributed by atoms with van der Waals surface area (Å²) in [6.45, 7) is 1.70. The summed E-state index contributed by atoms with van der Waals surface area (Å²) >= 11 is 1.00. The molecule has 3 aromatic rings. The first-order valence-corrected chi connectivity index (χ1v) is 6.34. The summed E-state index contributed by atoms with van der Waals surface area (Å²) in [5.74, 6) is -0.145. The van der Waals surface area contributed by atoms with Gasteiger partial charge in [-0.25, -0.2) is 0 Å². The Bertz CT molecular complexity index is 759. The van der Waals surface area contributed by atoms with Crippen molar-refractivity contribution < 1.29 is 9.21 Å². The van der Waals surface area contributed by atoms with Crippen LogP contribution in [0.1, 0.15) is 15.4 Å². The summed E-state index contributed by atoms with van der Waals surface area (Å²) < 4.78 is 10.6. The molecule has 3 heterocycles. The zero-order valence-electron chi connectivity index (χ0n) is 10.6. The molecule has 1 amide bonds. The van der Waals surface area contributed by atoms with E-state index in [9.17, 15) is 4.79 Å². The number of carbonyl (C=O) groups excluding carboxylic acids is 1. The van der Waals surface area contributed by atoms with Crippen molar-refractivity contribution in [3.05, 3.63) is 22.8 Å². The van der Waals surface area contributed by atoms with Crippen molar-refractivity contribution in [1.29, 1.82) is 0 Å². The van der Waals surface area contributed by atoms with Crippen molar-refractivity contribution >= 4 is 23.5 Å². The van der Waals surface area contributed by atoms with E-state index in [2.05, 4.69) is 30.2 Å². The normalized spacial score (nSPS) is 10.7. The van der Waals surface area contributed by atoms with Gasteiger partial charge in [-0.3, -0.25) is 14.8 Å². The van der Waals surface area contributed by atoms with Crippen LogP contribution in [0.5, 0.6) is 0 Å². The van der Waals surface area contributed by atoms with Crippen LogP contribution in [0.25, 0.3) is 11.6 Å². The monoisotopic (exact) mass is 291 g/mol. The Morgan fingerprint density at radius 2 is 2.25 bits per heavy atom. The van der Waals surface area contributed by atoms with Gasteiger partial charge in [-0.05, 0) is 24.5 Å². The van der Waals surface area contributed by atoms with Gasteiger partial charge in [0, 0.05) is 13.2 Å². The molecule has 102 valence electrons. The third kappa shape index (κ3) is 2.28. The van der Waals surface area contributed by atoms with Gasteiger partial charge in [-0.15, -0.1) is 10.2 Å². The van der Waals surface area contributed by atoms with Crippen LogP contribution < -0.4 is 5.32 Å². The quantitative estimate of drug-likeness (QED) is 0.762. The first-order valence-electron chi connectivity index (χ1n) is 5.57. The number of rotatable bonds is 3. The van der Waals surface area contributed by atoms with Crippen molar-refractivity contribution in [1.82, 2.24) is 29.6 Å². The molecule has 0 saturated heterocycles. The number of aryl methyl sites for hydroxylation is 2. The number of aromatic nitrogens is 6. The molecule has 1 N–H and O–H groups in total. The summed E-state index contributed by atoms with van der Waals surface area (Å²) in [7, 11) is 1.78. The smallest absolute Gasteiger partial charge is 0.322 e. The first-order chi connectivity index (χ1) is 9.63. The van der Waals surface area contributed by atoms with Gasteiger partial charge in [0.1, 0.15) is 10.6 Å². The van der Waals surface area contributed by atoms with Crippen LogP contribution in [0.3, 0.4) is 0 Å². The average Bonchev–Trinajstić information content (AvgIpc) is 3.10. The maximum Gasteiger partial charge on any atom is 0.322 e. The highest BCUT2D eigenvalue weighted by Gasteiger charge is 2.17. The van der Waals surface area contributed by atoms with Gasteiger partial charge in [-0.1, -0.05) is 9.59 Å². The Morgan fingerprint density at radius 3 is 2.90 bits per heavy atom. The summed E-state index contributed by atoms with van der Waals surface area (Å²) in [6, 6.07) is 1.74. The Kier molecular flexibility index (Phi) is 2.99. The summed E-state index contributed by atoms with van der Waals surface area (Å²) in [6.07, 6.45) is 1.75. The third-order valence-corrected chi connectivity index (χ3v) is 3.26. The van der Waals surface area contributed by atoms with Gasteiger partial charge in [-0.2, -0.15) is 5.10 Å². The Morgan fingerprint density at radius 1 is 1.40 bits per heavy atom. The lowest BCUT2D eigenvalue weighted by Gasteiger charge is -1.96. The molecule has 20 heavy (non-hydrogen) atoms. The second kappa shape index (κ2) is 4.81. The predicted octanol–water partition coefficient (Wildman–Crippen LogP) is 0.882. The van der Waals surface area contributed by atoms with Crippen molar-refractivity contribution in [2.24, 2.45) is 7.05 Å². The molecule has 3 rings (SSSR count). The maximum absolute atomic E-state index is 11.9. The van der Waals surface area contributed by atoms with E-state index in [4.69, 9.17) is 4.42 Å². The minimum atomic E-state index is -0.381. The van der Waals surface area contributed by atoms with Crippen LogP contribution in [-0.2, 0) is 7.05 Å². The predicted molar refractivity (Wildman–Crippen MR) is 69.1 cm³/mol. The fourth-order valence-electron chi connectivity index (χ4n) is 1.50. The lowest BCUT2D eigenvalue weighted by Crippen LogP contribution is -2.11. The highest BCUT2D eigenvalue weighted by atomic mass is 32.1. The molecule has 0 saturated carbocycles. The molecular weight excluding hydrogens is 282 g/mol. The van der Waals surface area contributed by atoms with E-state index in [0.29, 0.717) is 16.3 Å². The van der Waals surface area contributed by atoms with Crippen molar-refractivity contribution in [2.45, 2.75) is 6.92 Å². The van der Waals surface area contributed by atoms with Crippen LogP contribution >= 0.6 is 11.5 Å². The number of hydrogen-bond acceptors (Lipinski definition) is 8. The Hall–Kier alpha value is -2.62. The molecule has 10 heteroatoms. The number of carbonyl (C=O) groups is 1. The molecule has 0 aliphatic heterocycles. The average molecular weight is 291 g/mol. The Balaban J connectivity index is 1.78. The van der Waals surface area contributed by atoms with E-state index in [0.717, 1.165) is 11.5 Å². The van der Waals surface area contributed by atoms with Gasteiger partial charge in [0.05, 0.1) is 5.69 Å². The number of anilines is 1. The van der Waals surface area contributed by atoms with E-state index in [1.807, 2.05) is 0 Å². The van der Waals surface area contributed by atoms with Gasteiger partial charge in [0.15, 0.2) is 0 Å². The second-order valence-electron chi connectivity index (χ2n) is 3.93. The van der Waals surface area contributed by atoms with Crippen LogP contribution in [0.2, 0.25) is 0 Å². The third-order valence-electron chi connectivity index (χ3n) is 2.44. The number of hydrogen-bond donors (Lipinski definition) is 1. The molecule has 0 fully saturated rings. The standard InChI is InChI=1S/C10H9N7O2S/c1-5-7(20-16-12-5)8(18)11-10-14-13-9(19-10)6-3-4-17(2)15-6/h3-4H,1-2H3,(H,11,14,18). The van der Waals surface area contributed by atoms with E-state index in [-0.39, 0.29) is 17.8 Å². The lowest BCUT2D eigenvalue weighted by atomic mass is 10.4. The Labute approximate surface area is 116 Å². The molecular formula is C10H9N7O2S. The summed E-state index contributed by atoms with van der Waals surface area (Å²) in [4.78, 5) is 12.3. The van der Waals surface area contributed by atoms with Crippen LogP contribution in [0.15, 0.2) is 16.7 Å². The highest BCUT2D eigenvalue weighted by Crippen LogP contribution is 2.18. The van der Waals surface area contributed by atoms with Gasteiger partial charge in [0.25, 0.3) is 11.8 Å². The molecule has 0 aliphatic carbocycles. The summed E-state index contributed by atoms with van der Waals surface area (Å²) in [5.41, 5.74) is 1.09. The van der Waals surface area contributed by atoms with Crippen LogP contribution in [-0.4, -0.2) is 35.5 Å². The van der Waals surface area contributed by atoms with E-state index < -0.39 is 0 Å². The molecule has 0 atom stereocenters. The van der Waals surface area contributed by atoms with Gasteiger partial charge < -0.3 is 4.42 Å². The molecule has 3 aromatic heterocycles. The van der Waals surface area contributed by atoms with Gasteiger partial charge in [0.2, 0.25) is 0 Å². The van der Waals surface area contributed by atoms with Crippen molar-refractivity contribution in [2.75, 3.05) is 5.32 Å². The molecule has 0 aromatic carbocycles. The number of nitrogens with one attached hydrogen (secondary N) is 1. The van der Waals surface area contributed by atoms with Gasteiger partial charge >= 0.3 is 6.01 Å². The fourth-order valence-corrected chi connectivity index (χ4v) is 2.05. The van der Waals surface area contributed by atoms with E-state index in [1.165, 1.54) is 0 Å². The zero-order chi connectivity index (χ0) is 14.1. The van der Waals surface area contributed by atoms with Crippen molar-refractivity contribution in [3.63, 3.8) is 0 Å². The largest absolute Gasteiger partial charge is 0.401 e. The maximum atomic E-state index is 11.9. The number of amides is 1. The van der Waals surface area contributed by atoms with Crippen LogP contribution in [0.4, 0.5) is 6.01 Å². The second-order valence-corrected chi connectivity index (χ2v) is 4.68. The SMILES string of the molecule is Cc1nnsc1C(=O)Nc1nnc(-c2ccn(C)n2)o1. The molecule has 0 bridgehead atoms. The molecule has 9 nitrogen and oxygen atoms in total. The lowest BCUT2D eigenvalue weighted by molar-refractivity contribution is 0.102. The highest BCUT2D eigenvalue weighted by molar-refractivity contribution is 7.08. The summed E-state index contributed by atoms with van der Waals surface area (Å²) in [5, 5.41) is 18.0. The minimum Gasteiger partial charge on any atom is -0.401 e. The topological polar surface area (TPSA) is 112 Å². The molecule has 0 spiro atoms. The van der Waals surface area contributed by atoms with E-state index in [1.54, 1.807) is 30.9 Å². The zero-order valence-corrected chi connectivity index (χ0v) is 11.4. The number of nitrogens with zero attached hydrogens (tertiary/aromatic N) is 6. The minimum absolute atomic E-state index is 0.00320. The molecule has 0 radical (unpaired) electrons. The van der Waals surface area contributed by atoms with E-state index >= 15 is 0 Å². The fraction of sp³-hybridized carbons (Fsp3) is 0.200. The van der Waals surface area contributed by atoms with Crippen molar-refractivity contribution in [3.8, 4) is 11.6 Å². The first kappa shape index (κ1) is 12.4. The molecule has 0 aliphatic rings.